The van der Waals surface area contributed by atoms with Crippen LogP contribution >= 0.6 is 0 Å². The first-order chi connectivity index (χ1) is 12.7. The number of nitrogens with one attached hydrogen (secondary N) is 1. The summed E-state index contributed by atoms with van der Waals surface area (Å²) >= 11 is 0. The molecule has 1 aliphatic heterocycles. The minimum absolute atomic E-state index is 0.403. The van der Waals surface area contributed by atoms with E-state index in [9.17, 15) is 18.0 Å². The quantitative estimate of drug-likeness (QED) is 0.735. The van der Waals surface area contributed by atoms with Crippen molar-refractivity contribution in [2.24, 2.45) is 4.99 Å². The largest absolute Gasteiger partial charge is 0.416 e. The highest BCUT2D eigenvalue weighted by Gasteiger charge is 2.31. The Bertz CT molecular complexity index is 952. The van der Waals surface area contributed by atoms with Crippen LogP contribution in [0.2, 0.25) is 0 Å². The first kappa shape index (κ1) is 18.9. The first-order valence-corrected chi connectivity index (χ1v) is 8.50. The van der Waals surface area contributed by atoms with Crippen molar-refractivity contribution >= 4 is 17.4 Å². The summed E-state index contributed by atoms with van der Waals surface area (Å²) in [6, 6.07) is 8.81. The molecule has 0 aliphatic carbocycles. The number of nitrogens with zero attached hydrogens (tertiary/aromatic N) is 1. The number of allylic oxidation sites excluding steroid dienone is 1. The van der Waals surface area contributed by atoms with E-state index in [1.807, 2.05) is 32.0 Å². The molecule has 2 aromatic carbocycles. The monoisotopic (exact) mass is 372 g/mol. The molecule has 0 saturated heterocycles. The molecule has 1 N–H and O–H groups in total. The Morgan fingerprint density at radius 3 is 2.26 bits per heavy atom. The lowest BCUT2D eigenvalue weighted by Crippen LogP contribution is -2.18. The van der Waals surface area contributed by atoms with Gasteiger partial charge in [-0.05, 0) is 49.6 Å². The second kappa shape index (κ2) is 7.02. The number of hydrogen-bond acceptors (Lipinski definition) is 1. The number of aliphatic imine (C=N–C) groups is 1. The molecule has 1 heterocycles. The number of amides is 2. The molecule has 0 fully saturated rings. The molecule has 3 rings (SSSR count). The van der Waals surface area contributed by atoms with E-state index in [4.69, 9.17) is 0 Å². The van der Waals surface area contributed by atoms with Crippen LogP contribution < -0.4 is 5.32 Å². The third-order valence-corrected chi connectivity index (χ3v) is 4.59. The van der Waals surface area contributed by atoms with Crippen LogP contribution in [0.4, 0.5) is 18.0 Å². The Morgan fingerprint density at radius 2 is 1.67 bits per heavy atom. The number of rotatable bonds is 2. The minimum Gasteiger partial charge on any atom is -0.306 e. The second-order valence-electron chi connectivity index (χ2n) is 6.60. The number of carbonyl (C=O) groups is 1. The fourth-order valence-corrected chi connectivity index (χ4v) is 3.31. The van der Waals surface area contributed by atoms with E-state index in [1.165, 1.54) is 6.07 Å². The minimum atomic E-state index is -4.40. The highest BCUT2D eigenvalue weighted by molar-refractivity contribution is 6.11. The van der Waals surface area contributed by atoms with E-state index >= 15 is 0 Å². The van der Waals surface area contributed by atoms with Crippen LogP contribution in [0.5, 0.6) is 0 Å². The first-order valence-electron chi connectivity index (χ1n) is 8.50. The van der Waals surface area contributed by atoms with Crippen molar-refractivity contribution in [2.45, 2.75) is 33.4 Å². The number of carbonyl (C=O) groups excluding carboxylic acids is 1. The zero-order chi connectivity index (χ0) is 19.8. The SMILES string of the molecule is Cc1cc(C(F)(F)F)ccc1C1=CCC(c2c(C)cccc2C)=NC(=O)N1. The second-order valence-corrected chi connectivity index (χ2v) is 6.60. The summed E-state index contributed by atoms with van der Waals surface area (Å²) in [5.41, 5.74) is 4.35. The molecular weight excluding hydrogens is 353 g/mol. The van der Waals surface area contributed by atoms with Crippen molar-refractivity contribution < 1.29 is 18.0 Å². The van der Waals surface area contributed by atoms with Gasteiger partial charge in [0, 0.05) is 23.2 Å². The zero-order valence-electron chi connectivity index (χ0n) is 15.2. The van der Waals surface area contributed by atoms with Crippen LogP contribution in [0.1, 0.15) is 39.8 Å². The lowest BCUT2D eigenvalue weighted by atomic mass is 9.95. The summed E-state index contributed by atoms with van der Waals surface area (Å²) in [7, 11) is 0. The molecule has 0 saturated carbocycles. The lowest BCUT2D eigenvalue weighted by molar-refractivity contribution is -0.137. The third-order valence-electron chi connectivity index (χ3n) is 4.59. The molecule has 0 aromatic heterocycles. The number of alkyl halides is 3. The highest BCUT2D eigenvalue weighted by Crippen LogP contribution is 2.32. The third kappa shape index (κ3) is 3.94. The summed E-state index contributed by atoms with van der Waals surface area (Å²) in [5.74, 6) is 0. The molecular formula is C21H19F3N2O. The molecule has 0 radical (unpaired) electrons. The molecule has 6 heteroatoms. The molecule has 0 unspecified atom stereocenters. The smallest absolute Gasteiger partial charge is 0.306 e. The van der Waals surface area contributed by atoms with Gasteiger partial charge in [-0.2, -0.15) is 18.2 Å². The molecule has 2 amide bonds. The van der Waals surface area contributed by atoms with Crippen LogP contribution in [-0.4, -0.2) is 11.7 Å². The van der Waals surface area contributed by atoms with Crippen molar-refractivity contribution in [1.29, 1.82) is 0 Å². The number of halogens is 3. The summed E-state index contributed by atoms with van der Waals surface area (Å²) in [6.07, 6.45) is -2.20. The van der Waals surface area contributed by atoms with Crippen molar-refractivity contribution in [1.82, 2.24) is 5.32 Å². The van der Waals surface area contributed by atoms with Gasteiger partial charge in [-0.1, -0.05) is 30.3 Å². The fraction of sp³-hybridized carbons (Fsp3) is 0.238. The average molecular weight is 372 g/mol. The Kier molecular flexibility index (Phi) is 4.91. The Hall–Kier alpha value is -2.89. The van der Waals surface area contributed by atoms with Crippen molar-refractivity contribution in [3.05, 3.63) is 75.9 Å². The van der Waals surface area contributed by atoms with E-state index in [0.717, 1.165) is 28.8 Å². The van der Waals surface area contributed by atoms with E-state index in [2.05, 4.69) is 10.3 Å². The van der Waals surface area contributed by atoms with Crippen LogP contribution in [0.3, 0.4) is 0 Å². The van der Waals surface area contributed by atoms with Crippen LogP contribution in [-0.2, 0) is 6.18 Å². The van der Waals surface area contributed by atoms with Gasteiger partial charge in [0.25, 0.3) is 0 Å². The molecule has 0 spiro atoms. The van der Waals surface area contributed by atoms with Gasteiger partial charge < -0.3 is 5.32 Å². The van der Waals surface area contributed by atoms with Gasteiger partial charge in [0.05, 0.1) is 11.3 Å². The van der Waals surface area contributed by atoms with Gasteiger partial charge in [-0.15, -0.1) is 0 Å². The van der Waals surface area contributed by atoms with Gasteiger partial charge in [-0.25, -0.2) is 4.79 Å². The number of urea groups is 1. The predicted octanol–water partition coefficient (Wildman–Crippen LogP) is 5.57. The number of aryl methyl sites for hydroxylation is 3. The van der Waals surface area contributed by atoms with Crippen LogP contribution in [0.15, 0.2) is 47.5 Å². The zero-order valence-corrected chi connectivity index (χ0v) is 15.2. The van der Waals surface area contributed by atoms with Gasteiger partial charge in [0.1, 0.15) is 0 Å². The molecule has 140 valence electrons. The summed E-state index contributed by atoms with van der Waals surface area (Å²) in [4.78, 5) is 16.5. The summed E-state index contributed by atoms with van der Waals surface area (Å²) in [5, 5.41) is 2.69. The molecule has 2 aromatic rings. The van der Waals surface area contributed by atoms with Crippen molar-refractivity contribution in [3.63, 3.8) is 0 Å². The Morgan fingerprint density at radius 1 is 1.00 bits per heavy atom. The van der Waals surface area contributed by atoms with Gasteiger partial charge in [0.2, 0.25) is 0 Å². The standard InChI is InChI=1S/C21H19F3N2O/c1-12-5-4-6-13(2)19(12)18-10-9-17(25-20(27)26-18)16-8-7-15(11-14(16)3)21(22,23)24/h4-9,11H,10H2,1-3H3,(H,25,27). The van der Waals surface area contributed by atoms with E-state index in [-0.39, 0.29) is 0 Å². The van der Waals surface area contributed by atoms with Crippen LogP contribution in [0, 0.1) is 20.8 Å². The van der Waals surface area contributed by atoms with Crippen LogP contribution in [0.25, 0.3) is 5.70 Å². The Balaban J connectivity index is 1.97. The Labute approximate surface area is 155 Å². The molecule has 27 heavy (non-hydrogen) atoms. The molecule has 3 nitrogen and oxygen atoms in total. The fourth-order valence-electron chi connectivity index (χ4n) is 3.31. The maximum atomic E-state index is 12.9. The van der Waals surface area contributed by atoms with E-state index < -0.39 is 17.8 Å². The van der Waals surface area contributed by atoms with Gasteiger partial charge in [0.15, 0.2) is 0 Å². The highest BCUT2D eigenvalue weighted by atomic mass is 19.4. The lowest BCUT2D eigenvalue weighted by Gasteiger charge is -2.13. The maximum absolute atomic E-state index is 12.9. The average Bonchev–Trinajstić information content (AvgIpc) is 2.75. The topological polar surface area (TPSA) is 41.5 Å². The maximum Gasteiger partial charge on any atom is 0.416 e. The van der Waals surface area contributed by atoms with Gasteiger partial charge >= 0.3 is 12.2 Å². The molecule has 0 atom stereocenters. The summed E-state index contributed by atoms with van der Waals surface area (Å²) < 4.78 is 38.6. The van der Waals surface area contributed by atoms with Gasteiger partial charge in [-0.3, -0.25) is 0 Å². The number of benzene rings is 2. The predicted molar refractivity (Wildman–Crippen MR) is 99.8 cm³/mol. The normalized spacial score (nSPS) is 15.0. The van der Waals surface area contributed by atoms with E-state index in [1.54, 1.807) is 13.0 Å². The van der Waals surface area contributed by atoms with E-state index in [0.29, 0.717) is 29.0 Å². The number of hydrogen-bond donors (Lipinski definition) is 1. The van der Waals surface area contributed by atoms with Crippen molar-refractivity contribution in [2.75, 3.05) is 0 Å². The molecule has 1 aliphatic rings. The summed E-state index contributed by atoms with van der Waals surface area (Å²) in [6.45, 7) is 5.51. The van der Waals surface area contributed by atoms with Crippen molar-refractivity contribution in [3.8, 4) is 0 Å². The molecule has 0 bridgehead atoms.